The van der Waals surface area contributed by atoms with Gasteiger partial charge < -0.3 is 4.74 Å². The van der Waals surface area contributed by atoms with Gasteiger partial charge in [0, 0.05) is 18.4 Å². The van der Waals surface area contributed by atoms with Crippen LogP contribution < -0.4 is 0 Å². The van der Waals surface area contributed by atoms with E-state index in [0.29, 0.717) is 42.4 Å². The minimum atomic E-state index is -3.47. The molecule has 1 fully saturated rings. The van der Waals surface area contributed by atoms with E-state index in [0.717, 1.165) is 0 Å². The fourth-order valence-corrected chi connectivity index (χ4v) is 6.25. The van der Waals surface area contributed by atoms with Crippen molar-refractivity contribution in [1.29, 1.82) is 0 Å². The monoisotopic (exact) mass is 398 g/mol. The number of halogens is 1. The molecule has 0 spiro atoms. The summed E-state index contributed by atoms with van der Waals surface area (Å²) in [5, 5.41) is 0.188. The highest BCUT2D eigenvalue weighted by Crippen LogP contribution is 2.45. The van der Waals surface area contributed by atoms with Gasteiger partial charge in [0.2, 0.25) is 0 Å². The second-order valence-corrected chi connectivity index (χ2v) is 9.76. The second kappa shape index (κ2) is 7.06. The van der Waals surface area contributed by atoms with Gasteiger partial charge in [-0.3, -0.25) is 9.59 Å². The number of aryl methyl sites for hydroxylation is 1. The maximum Gasteiger partial charge on any atom is 0.179 e. The molecule has 3 rings (SSSR count). The Balaban J connectivity index is 2.23. The first-order valence-electron chi connectivity index (χ1n) is 8.90. The van der Waals surface area contributed by atoms with Crippen LogP contribution >= 0.6 is 11.6 Å². The summed E-state index contributed by atoms with van der Waals surface area (Å²) in [6.07, 6.45) is 0.978. The SMILES string of the molecule is Cc1cc(C2C(=O)CCCC2=O)c(Cl)c2c1S(=O)(=O)CCC2OC(C)C. The van der Waals surface area contributed by atoms with Gasteiger partial charge in [0.15, 0.2) is 9.84 Å². The molecule has 0 N–H and O–H groups in total. The van der Waals surface area contributed by atoms with E-state index in [-0.39, 0.29) is 33.3 Å². The predicted octanol–water partition coefficient (Wildman–Crippen LogP) is 3.70. The standard InChI is InChI=1S/C19H23ClO5S/c1-10(2)25-15-7-8-26(23,24)19-11(3)9-12(18(20)17(15)19)16-13(21)5-4-6-14(16)22/h9-10,15-16H,4-8H2,1-3H3. The van der Waals surface area contributed by atoms with Crippen molar-refractivity contribution in [3.63, 3.8) is 0 Å². The molecule has 1 aromatic carbocycles. The molecule has 1 aliphatic carbocycles. The van der Waals surface area contributed by atoms with Crippen LogP contribution in [0.2, 0.25) is 5.02 Å². The van der Waals surface area contributed by atoms with Crippen LogP contribution in [0, 0.1) is 6.92 Å². The molecule has 1 heterocycles. The number of carbonyl (C=O) groups is 2. The lowest BCUT2D eigenvalue weighted by Crippen LogP contribution is -2.29. The fourth-order valence-electron chi connectivity index (χ4n) is 3.97. The fraction of sp³-hybridized carbons (Fsp3) is 0.579. The van der Waals surface area contributed by atoms with Gasteiger partial charge in [0.1, 0.15) is 17.5 Å². The molecule has 1 atom stereocenters. The zero-order chi connectivity index (χ0) is 19.2. The number of hydrogen-bond acceptors (Lipinski definition) is 5. The lowest BCUT2D eigenvalue weighted by molar-refractivity contribution is -0.131. The van der Waals surface area contributed by atoms with Crippen molar-refractivity contribution in [3.05, 3.63) is 27.8 Å². The van der Waals surface area contributed by atoms with Gasteiger partial charge in [-0.1, -0.05) is 17.7 Å². The molecule has 1 aromatic rings. The third kappa shape index (κ3) is 3.35. The van der Waals surface area contributed by atoms with Gasteiger partial charge in [0.25, 0.3) is 0 Å². The molecular weight excluding hydrogens is 376 g/mol. The van der Waals surface area contributed by atoms with Crippen LogP contribution in [0.3, 0.4) is 0 Å². The van der Waals surface area contributed by atoms with E-state index >= 15 is 0 Å². The summed E-state index contributed by atoms with van der Waals surface area (Å²) in [5.74, 6) is -1.20. The number of hydrogen-bond donors (Lipinski definition) is 0. The molecule has 26 heavy (non-hydrogen) atoms. The highest BCUT2D eigenvalue weighted by molar-refractivity contribution is 7.91. The maximum atomic E-state index is 12.6. The number of fused-ring (bicyclic) bond motifs is 1. The number of sulfone groups is 1. The van der Waals surface area contributed by atoms with E-state index in [2.05, 4.69) is 0 Å². The van der Waals surface area contributed by atoms with Crippen LogP contribution in [0.25, 0.3) is 0 Å². The minimum absolute atomic E-state index is 0.00477. The molecule has 7 heteroatoms. The number of rotatable bonds is 3. The smallest absolute Gasteiger partial charge is 0.179 e. The largest absolute Gasteiger partial charge is 0.371 e. The van der Waals surface area contributed by atoms with Crippen molar-refractivity contribution in [2.45, 2.75) is 69.5 Å². The van der Waals surface area contributed by atoms with Crippen molar-refractivity contribution >= 4 is 33.0 Å². The zero-order valence-electron chi connectivity index (χ0n) is 15.2. The summed E-state index contributed by atoms with van der Waals surface area (Å²) in [5.41, 5.74) is 1.35. The third-order valence-electron chi connectivity index (χ3n) is 4.98. The lowest BCUT2D eigenvalue weighted by Gasteiger charge is -2.31. The molecule has 5 nitrogen and oxygen atoms in total. The molecule has 0 saturated heterocycles. The van der Waals surface area contributed by atoms with E-state index in [4.69, 9.17) is 16.3 Å². The summed E-state index contributed by atoms with van der Waals surface area (Å²) < 4.78 is 31.2. The number of benzene rings is 1. The number of Topliss-reactive ketones (excluding diaryl/α,β-unsaturated/α-hetero) is 2. The van der Waals surface area contributed by atoms with E-state index in [1.807, 2.05) is 13.8 Å². The van der Waals surface area contributed by atoms with Gasteiger partial charge >= 0.3 is 0 Å². The molecule has 2 aliphatic rings. The molecule has 0 aromatic heterocycles. The topological polar surface area (TPSA) is 77.5 Å². The quantitative estimate of drug-likeness (QED) is 0.725. The Bertz CT molecular complexity index is 856. The Morgan fingerprint density at radius 1 is 1.19 bits per heavy atom. The van der Waals surface area contributed by atoms with Gasteiger partial charge in [-0.15, -0.1) is 0 Å². The first-order valence-corrected chi connectivity index (χ1v) is 10.9. The average Bonchev–Trinajstić information content (AvgIpc) is 2.52. The Labute approximate surface area is 159 Å². The van der Waals surface area contributed by atoms with Crippen LogP contribution in [0.1, 0.15) is 68.2 Å². The van der Waals surface area contributed by atoms with Gasteiger partial charge in [-0.2, -0.15) is 0 Å². The Kier molecular flexibility index (Phi) is 5.30. The predicted molar refractivity (Wildman–Crippen MR) is 98.4 cm³/mol. The first kappa shape index (κ1) is 19.5. The average molecular weight is 399 g/mol. The van der Waals surface area contributed by atoms with E-state index in [9.17, 15) is 18.0 Å². The second-order valence-electron chi connectivity index (χ2n) is 7.34. The summed E-state index contributed by atoms with van der Waals surface area (Å²) in [4.78, 5) is 25.0. The van der Waals surface area contributed by atoms with E-state index in [1.165, 1.54) is 0 Å². The Morgan fingerprint density at radius 2 is 1.81 bits per heavy atom. The van der Waals surface area contributed by atoms with Crippen molar-refractivity contribution in [3.8, 4) is 0 Å². The van der Waals surface area contributed by atoms with Crippen molar-refractivity contribution in [2.24, 2.45) is 0 Å². The Hall–Kier alpha value is -1.24. The van der Waals surface area contributed by atoms with Crippen LogP contribution in [0.4, 0.5) is 0 Å². The molecule has 0 amide bonds. The van der Waals surface area contributed by atoms with Crippen LogP contribution in [-0.2, 0) is 24.2 Å². The first-order chi connectivity index (χ1) is 12.1. The van der Waals surface area contributed by atoms with E-state index in [1.54, 1.807) is 13.0 Å². The molecule has 1 saturated carbocycles. The van der Waals surface area contributed by atoms with Crippen LogP contribution in [0.5, 0.6) is 0 Å². The van der Waals surface area contributed by atoms with Crippen LogP contribution in [-0.4, -0.2) is 31.8 Å². The molecular formula is C19H23ClO5S. The summed E-state index contributed by atoms with van der Waals surface area (Å²) >= 11 is 6.62. The third-order valence-corrected chi connectivity index (χ3v) is 7.34. The van der Waals surface area contributed by atoms with Gasteiger partial charge in [-0.25, -0.2) is 8.42 Å². The van der Waals surface area contributed by atoms with E-state index < -0.39 is 21.9 Å². The molecule has 0 radical (unpaired) electrons. The van der Waals surface area contributed by atoms with Crippen LogP contribution in [0.15, 0.2) is 11.0 Å². The summed E-state index contributed by atoms with van der Waals surface area (Å²) in [7, 11) is -3.47. The number of ether oxygens (including phenoxy) is 1. The normalized spacial score (nSPS) is 23.3. The summed E-state index contributed by atoms with van der Waals surface area (Å²) in [6, 6.07) is 1.60. The zero-order valence-corrected chi connectivity index (χ0v) is 16.7. The number of carbonyl (C=O) groups excluding carboxylic acids is 2. The molecule has 0 bridgehead atoms. The number of ketones is 2. The Morgan fingerprint density at radius 3 is 2.38 bits per heavy atom. The highest BCUT2D eigenvalue weighted by atomic mass is 35.5. The van der Waals surface area contributed by atoms with Gasteiger partial charge in [-0.05, 0) is 44.7 Å². The molecule has 142 valence electrons. The van der Waals surface area contributed by atoms with Gasteiger partial charge in [0.05, 0.1) is 27.9 Å². The molecule has 1 unspecified atom stereocenters. The maximum absolute atomic E-state index is 12.6. The molecule has 1 aliphatic heterocycles. The van der Waals surface area contributed by atoms with Crippen molar-refractivity contribution < 1.29 is 22.7 Å². The summed E-state index contributed by atoms with van der Waals surface area (Å²) in [6.45, 7) is 5.44. The van der Waals surface area contributed by atoms with Crippen molar-refractivity contribution in [2.75, 3.05) is 5.75 Å². The van der Waals surface area contributed by atoms with Crippen molar-refractivity contribution in [1.82, 2.24) is 0 Å². The highest BCUT2D eigenvalue weighted by Gasteiger charge is 2.39. The minimum Gasteiger partial charge on any atom is -0.371 e. The lowest BCUT2D eigenvalue weighted by atomic mass is 9.80.